The second-order valence-corrected chi connectivity index (χ2v) is 4.60. The van der Waals surface area contributed by atoms with Gasteiger partial charge in [-0.3, -0.25) is 0 Å². The van der Waals surface area contributed by atoms with Gasteiger partial charge < -0.3 is 0 Å². The third kappa shape index (κ3) is 3.95. The fraction of sp³-hybridized carbons (Fsp3) is 0.857. The van der Waals surface area contributed by atoms with E-state index in [0.717, 1.165) is 18.0 Å². The van der Waals surface area contributed by atoms with Gasteiger partial charge in [-0.05, 0) is 11.6 Å². The molecule has 13 heavy (non-hydrogen) atoms. The number of hydrogen-bond acceptors (Lipinski definition) is 4. The van der Waals surface area contributed by atoms with Gasteiger partial charge in [0.05, 0.1) is 12.8 Å². The van der Waals surface area contributed by atoms with Crippen molar-refractivity contribution in [2.75, 3.05) is 5.88 Å². The number of nitrogens with zero attached hydrogens (tertiary/aromatic N) is 4. The number of tetrazole rings is 1. The minimum Gasteiger partial charge on any atom is -0.167 e. The van der Waals surface area contributed by atoms with Crippen LogP contribution >= 0.6 is 23.4 Å². The summed E-state index contributed by atoms with van der Waals surface area (Å²) >= 11 is 7.43. The highest BCUT2D eigenvalue weighted by Gasteiger charge is 2.05. The molecule has 6 heteroatoms. The summed E-state index contributed by atoms with van der Waals surface area (Å²) in [4.78, 5) is 1.47. The van der Waals surface area contributed by atoms with E-state index in [1.165, 1.54) is 4.80 Å². The molecule has 1 unspecified atom stereocenters. The zero-order valence-electron chi connectivity index (χ0n) is 7.77. The quantitative estimate of drug-likeness (QED) is 0.705. The Bertz CT molecular complexity index is 252. The lowest BCUT2D eigenvalue weighted by atomic mass is 10.4. The predicted octanol–water partition coefficient (Wildman–Crippen LogP) is 1.46. The molecular weight excluding hydrogens is 208 g/mol. The summed E-state index contributed by atoms with van der Waals surface area (Å²) in [6.07, 6.45) is 1.02. The summed E-state index contributed by atoms with van der Waals surface area (Å²) < 4.78 is 0. The molecule has 1 rings (SSSR count). The lowest BCUT2D eigenvalue weighted by Gasteiger charge is -2.05. The Hall–Kier alpha value is -0.290. The molecule has 1 aromatic heterocycles. The number of alkyl halides is 1. The number of aryl methyl sites for hydroxylation is 1. The maximum absolute atomic E-state index is 5.62. The normalized spacial score (nSPS) is 13.2. The largest absolute Gasteiger partial charge is 0.184 e. The lowest BCUT2D eigenvalue weighted by Crippen LogP contribution is -1.98. The molecule has 0 aliphatic rings. The van der Waals surface area contributed by atoms with Crippen molar-refractivity contribution in [1.29, 1.82) is 0 Å². The van der Waals surface area contributed by atoms with Crippen LogP contribution in [0.3, 0.4) is 0 Å². The van der Waals surface area contributed by atoms with Crippen molar-refractivity contribution >= 4 is 23.4 Å². The van der Waals surface area contributed by atoms with Crippen molar-refractivity contribution in [3.63, 3.8) is 0 Å². The van der Waals surface area contributed by atoms with E-state index in [1.54, 1.807) is 18.8 Å². The molecule has 74 valence electrons. The highest BCUT2D eigenvalue weighted by molar-refractivity contribution is 7.99. The second-order valence-electron chi connectivity index (χ2n) is 2.79. The topological polar surface area (TPSA) is 43.6 Å². The zero-order chi connectivity index (χ0) is 9.68. The van der Waals surface area contributed by atoms with Gasteiger partial charge in [-0.2, -0.15) is 16.6 Å². The van der Waals surface area contributed by atoms with Crippen molar-refractivity contribution in [3.05, 3.63) is 5.82 Å². The van der Waals surface area contributed by atoms with E-state index in [9.17, 15) is 0 Å². The minimum atomic E-state index is 0.557. The van der Waals surface area contributed by atoms with Crippen LogP contribution in [0.25, 0.3) is 0 Å². The van der Waals surface area contributed by atoms with Crippen LogP contribution in [0.5, 0.6) is 0 Å². The summed E-state index contributed by atoms with van der Waals surface area (Å²) in [5.41, 5.74) is 0. The van der Waals surface area contributed by atoms with Gasteiger partial charge in [0.25, 0.3) is 0 Å². The molecule has 0 amide bonds. The number of thioether (sulfide) groups is 1. The molecule has 1 atom stereocenters. The monoisotopic (exact) mass is 220 g/mol. The zero-order valence-corrected chi connectivity index (χ0v) is 9.35. The molecule has 0 aliphatic heterocycles. The first-order valence-corrected chi connectivity index (χ1v) is 5.71. The van der Waals surface area contributed by atoms with Gasteiger partial charge in [-0.25, -0.2) is 0 Å². The Labute approximate surface area is 87.0 Å². The molecule has 0 aliphatic carbocycles. The second kappa shape index (κ2) is 5.44. The Balaban J connectivity index is 2.26. The van der Waals surface area contributed by atoms with Crippen LogP contribution in [-0.2, 0) is 12.8 Å². The van der Waals surface area contributed by atoms with Crippen LogP contribution < -0.4 is 0 Å². The average molecular weight is 221 g/mol. The van der Waals surface area contributed by atoms with E-state index in [0.29, 0.717) is 11.1 Å². The molecule has 0 saturated carbocycles. The van der Waals surface area contributed by atoms with E-state index in [-0.39, 0.29) is 0 Å². The Morgan fingerprint density at radius 2 is 2.38 bits per heavy atom. The van der Waals surface area contributed by atoms with Crippen molar-refractivity contribution in [2.24, 2.45) is 7.05 Å². The number of halogens is 1. The number of rotatable bonds is 5. The fourth-order valence-corrected chi connectivity index (χ4v) is 2.13. The summed E-state index contributed by atoms with van der Waals surface area (Å²) in [5.74, 6) is 2.31. The van der Waals surface area contributed by atoms with E-state index < -0.39 is 0 Å². The first kappa shape index (κ1) is 10.8. The summed E-state index contributed by atoms with van der Waals surface area (Å²) in [5, 5.41) is 12.3. The van der Waals surface area contributed by atoms with Crippen LogP contribution in [0.1, 0.15) is 19.2 Å². The maximum atomic E-state index is 5.62. The van der Waals surface area contributed by atoms with Crippen LogP contribution in [0.2, 0.25) is 0 Å². The Morgan fingerprint density at radius 1 is 1.62 bits per heavy atom. The highest BCUT2D eigenvalue weighted by atomic mass is 35.5. The third-order valence-corrected chi connectivity index (χ3v) is 3.01. The first-order valence-electron chi connectivity index (χ1n) is 4.13. The number of hydrogen-bond donors (Lipinski definition) is 0. The SMILES string of the molecule is CC(CCCl)SCc1nnn(C)n1. The number of aromatic nitrogens is 4. The standard InChI is InChI=1S/C7H13ClN4S/c1-6(3-4-8)13-5-7-9-11-12(2)10-7/h6H,3-5H2,1-2H3. The van der Waals surface area contributed by atoms with E-state index >= 15 is 0 Å². The van der Waals surface area contributed by atoms with E-state index in [4.69, 9.17) is 11.6 Å². The van der Waals surface area contributed by atoms with Gasteiger partial charge in [0.1, 0.15) is 0 Å². The van der Waals surface area contributed by atoms with Crippen LogP contribution in [0.4, 0.5) is 0 Å². The van der Waals surface area contributed by atoms with E-state index in [2.05, 4.69) is 22.3 Å². The molecule has 1 aromatic rings. The molecule has 0 fully saturated rings. The summed E-state index contributed by atoms with van der Waals surface area (Å²) in [6.45, 7) is 2.16. The molecule has 4 nitrogen and oxygen atoms in total. The van der Waals surface area contributed by atoms with Gasteiger partial charge in [-0.1, -0.05) is 6.92 Å². The van der Waals surface area contributed by atoms with Gasteiger partial charge in [-0.15, -0.1) is 21.8 Å². The van der Waals surface area contributed by atoms with Crippen LogP contribution in [0.15, 0.2) is 0 Å². The van der Waals surface area contributed by atoms with E-state index in [1.807, 2.05) is 0 Å². The van der Waals surface area contributed by atoms with Crippen molar-refractivity contribution in [3.8, 4) is 0 Å². The first-order chi connectivity index (χ1) is 6.22. The lowest BCUT2D eigenvalue weighted by molar-refractivity contribution is 0.628. The van der Waals surface area contributed by atoms with Gasteiger partial charge in [0.2, 0.25) is 0 Å². The molecule has 1 heterocycles. The van der Waals surface area contributed by atoms with Gasteiger partial charge in [0, 0.05) is 11.1 Å². The maximum Gasteiger partial charge on any atom is 0.184 e. The molecule has 0 saturated heterocycles. The van der Waals surface area contributed by atoms with Crippen molar-refractivity contribution in [1.82, 2.24) is 20.2 Å². The molecule has 0 aromatic carbocycles. The van der Waals surface area contributed by atoms with Gasteiger partial charge >= 0.3 is 0 Å². The predicted molar refractivity (Wildman–Crippen MR) is 54.9 cm³/mol. The van der Waals surface area contributed by atoms with Crippen molar-refractivity contribution in [2.45, 2.75) is 24.3 Å². The minimum absolute atomic E-state index is 0.557. The Morgan fingerprint density at radius 3 is 2.92 bits per heavy atom. The van der Waals surface area contributed by atoms with Crippen molar-refractivity contribution < 1.29 is 0 Å². The highest BCUT2D eigenvalue weighted by Crippen LogP contribution is 2.17. The fourth-order valence-electron chi connectivity index (χ4n) is 0.835. The Kier molecular flexibility index (Phi) is 4.52. The third-order valence-electron chi connectivity index (χ3n) is 1.56. The van der Waals surface area contributed by atoms with Crippen LogP contribution in [-0.4, -0.2) is 31.3 Å². The smallest absolute Gasteiger partial charge is 0.167 e. The molecule has 0 N–H and O–H groups in total. The van der Waals surface area contributed by atoms with Gasteiger partial charge in [0.15, 0.2) is 5.82 Å². The molecule has 0 spiro atoms. The van der Waals surface area contributed by atoms with Crippen LogP contribution in [0, 0.1) is 0 Å². The molecule has 0 radical (unpaired) electrons. The average Bonchev–Trinajstić information content (AvgIpc) is 2.49. The summed E-state index contributed by atoms with van der Waals surface area (Å²) in [6, 6.07) is 0. The molecular formula is C7H13ClN4S. The summed E-state index contributed by atoms with van der Waals surface area (Å²) in [7, 11) is 1.77. The molecule has 0 bridgehead atoms.